The minimum Gasteiger partial charge on any atom is -0.303 e. The highest BCUT2D eigenvalue weighted by molar-refractivity contribution is 7.46. The van der Waals surface area contributed by atoms with Gasteiger partial charge < -0.3 is 9.79 Å². The normalized spacial score (nSPS) is 14.5. The molecule has 0 saturated heterocycles. The maximum atomic E-state index is 11.5. The van der Waals surface area contributed by atoms with Gasteiger partial charge in [-0.2, -0.15) is 0 Å². The zero-order valence-corrected chi connectivity index (χ0v) is 30.5. The molecule has 0 aromatic rings. The molecule has 0 aliphatic carbocycles. The second-order valence-electron chi connectivity index (χ2n) is 12.1. The maximum Gasteiger partial charge on any atom is 0.469 e. The molecule has 0 amide bonds. The minimum atomic E-state index is -4.58. The second-order valence-corrected chi connectivity index (χ2v) is 13.3. The largest absolute Gasteiger partial charge is 0.469 e. The van der Waals surface area contributed by atoms with Gasteiger partial charge in [-0.1, -0.05) is 132 Å². The van der Waals surface area contributed by atoms with Crippen molar-refractivity contribution in [1.29, 1.82) is 0 Å². The van der Waals surface area contributed by atoms with E-state index in [2.05, 4.69) is 86.8 Å². The van der Waals surface area contributed by atoms with Crippen molar-refractivity contribution in [1.82, 2.24) is 0 Å². The molecule has 0 spiro atoms. The minimum absolute atomic E-state index is 0.199. The smallest absolute Gasteiger partial charge is 0.303 e. The molecule has 2 unspecified atom stereocenters. The zero-order valence-electron chi connectivity index (χ0n) is 29.6. The molecule has 7 heteroatoms. The molecule has 0 bridgehead atoms. The lowest BCUT2D eigenvalue weighted by Gasteiger charge is -2.24. The average molecular weight is 665 g/mol. The third-order valence-corrected chi connectivity index (χ3v) is 8.11. The third kappa shape index (κ3) is 35.3. The Morgan fingerprint density at radius 1 is 0.543 bits per heavy atom. The van der Waals surface area contributed by atoms with Gasteiger partial charge >= 0.3 is 7.82 Å². The van der Waals surface area contributed by atoms with Crippen molar-refractivity contribution in [3.63, 3.8) is 0 Å². The van der Waals surface area contributed by atoms with E-state index in [0.29, 0.717) is 13.0 Å². The Morgan fingerprint density at radius 3 is 1.39 bits per heavy atom. The van der Waals surface area contributed by atoms with Crippen molar-refractivity contribution in [3.8, 4) is 0 Å². The van der Waals surface area contributed by atoms with Gasteiger partial charge in [0, 0.05) is 5.92 Å². The second kappa shape index (κ2) is 34.8. The van der Waals surface area contributed by atoms with Crippen LogP contribution in [0.1, 0.15) is 149 Å². The summed E-state index contributed by atoms with van der Waals surface area (Å²) in [7, 11) is -4.58. The number of unbranched alkanes of at least 4 members (excludes halogenated alkanes) is 11. The summed E-state index contributed by atoms with van der Waals surface area (Å²) in [6, 6.07) is 0. The van der Waals surface area contributed by atoms with Gasteiger partial charge in [0.25, 0.3) is 0 Å². The molecule has 0 radical (unpaired) electrons. The molecule has 0 heterocycles. The molecule has 0 aliphatic heterocycles. The van der Waals surface area contributed by atoms with Crippen LogP contribution in [0.2, 0.25) is 0 Å². The summed E-state index contributed by atoms with van der Waals surface area (Å²) in [6.45, 7) is 7.08. The molecule has 2 atom stereocenters. The number of hydrogen-bond donors (Lipinski definition) is 2. The van der Waals surface area contributed by atoms with Crippen LogP contribution >= 0.6 is 7.82 Å². The highest BCUT2D eigenvalue weighted by Gasteiger charge is 2.27. The maximum absolute atomic E-state index is 11.5. The Hall–Kier alpha value is -1.53. The first-order chi connectivity index (χ1) is 22.4. The Labute approximate surface area is 283 Å². The molecular formula is C39H69O6P. The Kier molecular flexibility index (Phi) is 33.6. The van der Waals surface area contributed by atoms with Crippen LogP contribution in [0.25, 0.3) is 0 Å². The van der Waals surface area contributed by atoms with Crippen molar-refractivity contribution in [2.45, 2.75) is 155 Å². The molecular weight excluding hydrogens is 595 g/mol. The molecule has 6 nitrogen and oxygen atoms in total. The first kappa shape index (κ1) is 44.5. The van der Waals surface area contributed by atoms with E-state index in [1.807, 2.05) is 6.92 Å². The number of allylic oxidation sites excluding steroid dienone is 12. The summed E-state index contributed by atoms with van der Waals surface area (Å²) < 4.78 is 16.6. The zero-order chi connectivity index (χ0) is 33.8. The van der Waals surface area contributed by atoms with E-state index in [4.69, 9.17) is 14.3 Å². The molecule has 0 aromatic carbocycles. The lowest BCUT2D eigenvalue weighted by Crippen LogP contribution is -2.25. The van der Waals surface area contributed by atoms with Crippen molar-refractivity contribution >= 4 is 7.82 Å². The summed E-state index contributed by atoms with van der Waals surface area (Å²) in [4.78, 5) is 29.5. The summed E-state index contributed by atoms with van der Waals surface area (Å²) in [5.41, 5.74) is 0. The molecule has 0 rings (SSSR count). The van der Waals surface area contributed by atoms with Gasteiger partial charge in [-0.05, 0) is 89.9 Å². The van der Waals surface area contributed by atoms with Crippen LogP contribution in [0, 0.1) is 5.92 Å². The number of hydrogen-bond acceptors (Lipinski definition) is 4. The van der Waals surface area contributed by atoms with Crippen molar-refractivity contribution in [3.05, 3.63) is 72.9 Å². The summed E-state index contributed by atoms with van der Waals surface area (Å²) in [6.07, 6.45) is 47.6. The fourth-order valence-corrected chi connectivity index (χ4v) is 5.39. The van der Waals surface area contributed by atoms with Gasteiger partial charge in [0.15, 0.2) is 0 Å². The number of phosphoric ester groups is 1. The lowest BCUT2D eigenvalue weighted by atomic mass is 10.00. The fraction of sp³-hybridized carbons (Fsp3) is 0.692. The van der Waals surface area contributed by atoms with Gasteiger partial charge in [-0.25, -0.2) is 14.3 Å². The highest BCUT2D eigenvalue weighted by atomic mass is 31.2. The Morgan fingerprint density at radius 2 is 0.957 bits per heavy atom. The fourth-order valence-electron chi connectivity index (χ4n) is 4.73. The molecule has 2 N–H and O–H groups in total. The molecule has 266 valence electrons. The van der Waals surface area contributed by atoms with Crippen molar-refractivity contribution in [2.75, 3.05) is 13.2 Å². The first-order valence-electron chi connectivity index (χ1n) is 18.3. The SMILES string of the molecule is CCCCC/C=C\C/C=C\C/C=C\CCCCCOOCC(C)C(CCCC/C=C\C/C=C\C/C=C\CCCCC)OP(=O)(O)O. The topological polar surface area (TPSA) is 85.2 Å². The number of phosphoric acid groups is 1. The van der Waals surface area contributed by atoms with E-state index in [9.17, 15) is 14.4 Å². The standard InChI is InChI=1S/C39H69O6P/c1-4-6-8-10-12-14-16-18-20-22-24-26-28-30-32-34-36-43-44-37-38(3)39(45-46(40,41)42)35-33-31-29-27-25-23-21-19-17-15-13-11-9-7-5-2/h12-15,18-21,24-27,38-39H,4-11,16-17,22-23,28-37H2,1-3H3,(H2,40,41,42)/b14-12-,15-13-,20-18-,21-19-,26-24-,27-25-. The summed E-state index contributed by atoms with van der Waals surface area (Å²) in [5.74, 6) is -0.199. The first-order valence-corrected chi connectivity index (χ1v) is 19.8. The van der Waals surface area contributed by atoms with Gasteiger partial charge in [-0.15, -0.1) is 0 Å². The highest BCUT2D eigenvalue weighted by Crippen LogP contribution is 2.40. The van der Waals surface area contributed by atoms with Crippen LogP contribution in [0.5, 0.6) is 0 Å². The monoisotopic (exact) mass is 664 g/mol. The van der Waals surface area contributed by atoms with Crippen LogP contribution in [0.4, 0.5) is 0 Å². The van der Waals surface area contributed by atoms with E-state index < -0.39 is 13.9 Å². The van der Waals surface area contributed by atoms with Crippen LogP contribution in [-0.2, 0) is 18.9 Å². The molecule has 0 aromatic heterocycles. The van der Waals surface area contributed by atoms with E-state index in [-0.39, 0.29) is 12.5 Å². The van der Waals surface area contributed by atoms with Gasteiger partial charge in [-0.3, -0.25) is 4.52 Å². The quantitative estimate of drug-likeness (QED) is 0.0239. The molecule has 0 saturated carbocycles. The van der Waals surface area contributed by atoms with Gasteiger partial charge in [0.1, 0.15) is 0 Å². The molecule has 0 fully saturated rings. The predicted molar refractivity (Wildman–Crippen MR) is 197 cm³/mol. The van der Waals surface area contributed by atoms with E-state index >= 15 is 0 Å². The number of rotatable bonds is 33. The third-order valence-electron chi connectivity index (χ3n) is 7.57. The van der Waals surface area contributed by atoms with Crippen LogP contribution in [0.15, 0.2) is 72.9 Å². The van der Waals surface area contributed by atoms with Gasteiger partial charge in [0.05, 0.1) is 19.3 Å². The van der Waals surface area contributed by atoms with Crippen molar-refractivity contribution in [2.24, 2.45) is 5.92 Å². The lowest BCUT2D eigenvalue weighted by molar-refractivity contribution is -0.303. The van der Waals surface area contributed by atoms with Crippen LogP contribution in [0.3, 0.4) is 0 Å². The Balaban J connectivity index is 3.93. The van der Waals surface area contributed by atoms with Crippen LogP contribution in [-0.4, -0.2) is 29.1 Å². The molecule has 0 aliphatic rings. The average Bonchev–Trinajstić information content (AvgIpc) is 3.02. The summed E-state index contributed by atoms with van der Waals surface area (Å²) >= 11 is 0. The Bertz CT molecular complexity index is 870. The van der Waals surface area contributed by atoms with Crippen molar-refractivity contribution < 1.29 is 28.7 Å². The van der Waals surface area contributed by atoms with E-state index in [0.717, 1.165) is 70.6 Å². The predicted octanol–water partition coefficient (Wildman–Crippen LogP) is 12.2. The molecule has 46 heavy (non-hydrogen) atoms. The summed E-state index contributed by atoms with van der Waals surface area (Å²) in [5, 5.41) is 0. The van der Waals surface area contributed by atoms with Gasteiger partial charge in [0.2, 0.25) is 0 Å². The van der Waals surface area contributed by atoms with E-state index in [1.165, 1.54) is 51.4 Å². The van der Waals surface area contributed by atoms with E-state index in [1.54, 1.807) is 0 Å². The van der Waals surface area contributed by atoms with Crippen LogP contribution < -0.4 is 0 Å².